The third-order valence-electron chi connectivity index (χ3n) is 4.46. The van der Waals surface area contributed by atoms with Gasteiger partial charge < -0.3 is 5.11 Å². The first kappa shape index (κ1) is 12.4. The first-order valence-electron chi connectivity index (χ1n) is 7.08. The molecule has 0 aromatic carbocycles. The summed E-state index contributed by atoms with van der Waals surface area (Å²) in [6.07, 6.45) is 8.35. The molecule has 2 rings (SSSR count). The molecule has 0 saturated carbocycles. The summed E-state index contributed by atoms with van der Waals surface area (Å²) in [5.74, 6) is 0.771. The van der Waals surface area contributed by atoms with Crippen LogP contribution in [0.5, 0.6) is 0 Å². The standard InChI is InChI=1S/C14H27NO/c1-12(2)6-5-8-14(16)9-11-15-10-4-3-7-13(14)15/h12-13,16H,3-11H2,1-2H3. The molecule has 2 atom stereocenters. The zero-order chi connectivity index (χ0) is 11.6. The van der Waals surface area contributed by atoms with Crippen molar-refractivity contribution in [2.45, 2.75) is 70.4 Å². The van der Waals surface area contributed by atoms with E-state index in [0.29, 0.717) is 6.04 Å². The molecule has 1 N–H and O–H groups in total. The van der Waals surface area contributed by atoms with Crippen LogP contribution < -0.4 is 0 Å². The molecule has 0 aromatic heterocycles. The Morgan fingerprint density at radius 1 is 1.31 bits per heavy atom. The Kier molecular flexibility index (Phi) is 3.91. The van der Waals surface area contributed by atoms with Gasteiger partial charge in [-0.25, -0.2) is 0 Å². The van der Waals surface area contributed by atoms with Crippen LogP contribution in [0, 0.1) is 5.92 Å². The lowest BCUT2D eigenvalue weighted by Gasteiger charge is -2.37. The summed E-state index contributed by atoms with van der Waals surface area (Å²) in [6.45, 7) is 6.89. The molecule has 16 heavy (non-hydrogen) atoms. The summed E-state index contributed by atoms with van der Waals surface area (Å²) in [7, 11) is 0. The molecule has 2 unspecified atom stereocenters. The van der Waals surface area contributed by atoms with Gasteiger partial charge >= 0.3 is 0 Å². The molecule has 2 fully saturated rings. The fourth-order valence-corrected chi connectivity index (χ4v) is 3.48. The van der Waals surface area contributed by atoms with Crippen LogP contribution >= 0.6 is 0 Å². The maximum atomic E-state index is 10.8. The SMILES string of the molecule is CC(C)CCCC1(O)CCN2CCCCC21. The largest absolute Gasteiger partial charge is 0.388 e. The van der Waals surface area contributed by atoms with Crippen molar-refractivity contribution in [1.29, 1.82) is 0 Å². The molecule has 94 valence electrons. The number of hydrogen-bond acceptors (Lipinski definition) is 2. The molecule has 2 aliphatic heterocycles. The van der Waals surface area contributed by atoms with Gasteiger partial charge in [-0.3, -0.25) is 4.90 Å². The van der Waals surface area contributed by atoms with Gasteiger partial charge in [0.2, 0.25) is 0 Å². The number of piperidine rings is 1. The van der Waals surface area contributed by atoms with Crippen molar-refractivity contribution >= 4 is 0 Å². The third kappa shape index (κ3) is 2.60. The highest BCUT2D eigenvalue weighted by atomic mass is 16.3. The summed E-state index contributed by atoms with van der Waals surface area (Å²) >= 11 is 0. The van der Waals surface area contributed by atoms with Crippen LogP contribution in [-0.2, 0) is 0 Å². The van der Waals surface area contributed by atoms with Crippen molar-refractivity contribution in [2.24, 2.45) is 5.92 Å². The zero-order valence-electron chi connectivity index (χ0n) is 10.9. The highest BCUT2D eigenvalue weighted by Gasteiger charge is 2.45. The van der Waals surface area contributed by atoms with E-state index >= 15 is 0 Å². The number of nitrogens with zero attached hydrogens (tertiary/aromatic N) is 1. The van der Waals surface area contributed by atoms with E-state index in [1.807, 2.05) is 0 Å². The molecule has 0 amide bonds. The Labute approximate surface area is 100 Å². The van der Waals surface area contributed by atoms with Crippen molar-refractivity contribution in [2.75, 3.05) is 13.1 Å². The summed E-state index contributed by atoms with van der Waals surface area (Å²) in [6, 6.07) is 0.480. The van der Waals surface area contributed by atoms with Crippen LogP contribution in [0.2, 0.25) is 0 Å². The molecular formula is C14H27NO. The number of rotatable bonds is 4. The molecule has 2 saturated heterocycles. The molecule has 0 spiro atoms. The summed E-state index contributed by atoms with van der Waals surface area (Å²) in [5.41, 5.74) is -0.352. The molecule has 2 aliphatic rings. The van der Waals surface area contributed by atoms with Crippen LogP contribution in [0.1, 0.15) is 58.8 Å². The Morgan fingerprint density at radius 3 is 2.88 bits per heavy atom. The van der Waals surface area contributed by atoms with E-state index in [1.54, 1.807) is 0 Å². The van der Waals surface area contributed by atoms with Gasteiger partial charge in [0.1, 0.15) is 0 Å². The Bertz CT molecular complexity index is 229. The molecular weight excluding hydrogens is 198 g/mol. The lowest BCUT2D eigenvalue weighted by atomic mass is 9.84. The summed E-state index contributed by atoms with van der Waals surface area (Å²) in [5, 5.41) is 10.8. The van der Waals surface area contributed by atoms with Gasteiger partial charge in [-0.2, -0.15) is 0 Å². The second-order valence-electron chi connectivity index (χ2n) is 6.19. The fourth-order valence-electron chi connectivity index (χ4n) is 3.48. The Morgan fingerprint density at radius 2 is 2.12 bits per heavy atom. The molecule has 2 heterocycles. The van der Waals surface area contributed by atoms with E-state index in [0.717, 1.165) is 25.3 Å². The van der Waals surface area contributed by atoms with Crippen molar-refractivity contribution in [1.82, 2.24) is 4.90 Å². The number of hydrogen-bond donors (Lipinski definition) is 1. The van der Waals surface area contributed by atoms with Gasteiger partial charge in [0.05, 0.1) is 5.60 Å². The monoisotopic (exact) mass is 225 g/mol. The van der Waals surface area contributed by atoms with Crippen molar-refractivity contribution in [3.8, 4) is 0 Å². The fraction of sp³-hybridized carbons (Fsp3) is 1.00. The predicted octanol–water partition coefficient (Wildman–Crippen LogP) is 2.80. The molecule has 2 heteroatoms. The van der Waals surface area contributed by atoms with Gasteiger partial charge in [-0.1, -0.05) is 33.1 Å². The van der Waals surface area contributed by atoms with Crippen molar-refractivity contribution in [3.63, 3.8) is 0 Å². The molecule has 2 nitrogen and oxygen atoms in total. The maximum absolute atomic E-state index is 10.8. The van der Waals surface area contributed by atoms with Crippen LogP contribution in [0.4, 0.5) is 0 Å². The highest BCUT2D eigenvalue weighted by molar-refractivity contribution is 5.00. The lowest BCUT2D eigenvalue weighted by Crippen LogP contribution is -2.46. The van der Waals surface area contributed by atoms with E-state index in [9.17, 15) is 5.11 Å². The molecule has 0 aromatic rings. The number of fused-ring (bicyclic) bond motifs is 1. The van der Waals surface area contributed by atoms with Gasteiger partial charge in [0, 0.05) is 12.6 Å². The zero-order valence-corrected chi connectivity index (χ0v) is 10.9. The Balaban J connectivity index is 1.86. The van der Waals surface area contributed by atoms with Gasteiger partial charge in [-0.15, -0.1) is 0 Å². The van der Waals surface area contributed by atoms with Crippen LogP contribution in [-0.4, -0.2) is 34.7 Å². The maximum Gasteiger partial charge on any atom is 0.0814 e. The third-order valence-corrected chi connectivity index (χ3v) is 4.46. The molecule has 0 aliphatic carbocycles. The average Bonchev–Trinajstić information content (AvgIpc) is 2.57. The van der Waals surface area contributed by atoms with E-state index in [4.69, 9.17) is 0 Å². The lowest BCUT2D eigenvalue weighted by molar-refractivity contribution is -0.0182. The topological polar surface area (TPSA) is 23.5 Å². The second kappa shape index (κ2) is 5.05. The minimum Gasteiger partial charge on any atom is -0.388 e. The van der Waals surface area contributed by atoms with Crippen LogP contribution in [0.25, 0.3) is 0 Å². The van der Waals surface area contributed by atoms with Crippen molar-refractivity contribution < 1.29 is 5.11 Å². The second-order valence-corrected chi connectivity index (χ2v) is 6.19. The molecule has 0 radical (unpaired) electrons. The van der Waals surface area contributed by atoms with Crippen LogP contribution in [0.3, 0.4) is 0 Å². The van der Waals surface area contributed by atoms with E-state index in [1.165, 1.54) is 38.6 Å². The van der Waals surface area contributed by atoms with Gasteiger partial charge in [0.25, 0.3) is 0 Å². The smallest absolute Gasteiger partial charge is 0.0814 e. The van der Waals surface area contributed by atoms with Crippen molar-refractivity contribution in [3.05, 3.63) is 0 Å². The minimum atomic E-state index is -0.352. The Hall–Kier alpha value is -0.0800. The highest BCUT2D eigenvalue weighted by Crippen LogP contribution is 2.38. The first-order valence-corrected chi connectivity index (χ1v) is 7.08. The predicted molar refractivity (Wildman–Crippen MR) is 67.5 cm³/mol. The first-order chi connectivity index (χ1) is 7.62. The number of aliphatic hydroxyl groups is 1. The van der Waals surface area contributed by atoms with Gasteiger partial charge in [-0.05, 0) is 38.1 Å². The minimum absolute atomic E-state index is 0.352. The summed E-state index contributed by atoms with van der Waals surface area (Å²) < 4.78 is 0. The van der Waals surface area contributed by atoms with E-state index in [2.05, 4.69) is 18.7 Å². The molecule has 0 bridgehead atoms. The van der Waals surface area contributed by atoms with Gasteiger partial charge in [0.15, 0.2) is 0 Å². The normalized spacial score (nSPS) is 35.6. The van der Waals surface area contributed by atoms with E-state index < -0.39 is 0 Å². The van der Waals surface area contributed by atoms with Crippen LogP contribution in [0.15, 0.2) is 0 Å². The summed E-state index contributed by atoms with van der Waals surface area (Å²) in [4.78, 5) is 2.53. The average molecular weight is 225 g/mol. The van der Waals surface area contributed by atoms with E-state index in [-0.39, 0.29) is 5.60 Å². The quantitative estimate of drug-likeness (QED) is 0.795.